The van der Waals surface area contributed by atoms with Crippen LogP contribution in [0.1, 0.15) is 16.7 Å². The molecule has 0 atom stereocenters. The largest absolute Gasteiger partial charge is 2.00 e. The predicted molar refractivity (Wildman–Crippen MR) is 29.3 cm³/mol. The Morgan fingerprint density at radius 2 is 1.10 bits per heavy atom. The molecule has 0 aliphatic heterocycles. The monoisotopic (exact) mass is 322 g/mol. The van der Waals surface area contributed by atoms with Crippen LogP contribution in [0, 0.1) is 0 Å². The van der Waals surface area contributed by atoms with Gasteiger partial charge in [-0.3, -0.25) is 0 Å². The average Bonchev–Trinajstić information content (AvgIpc) is 1.25. The van der Waals surface area contributed by atoms with Gasteiger partial charge in [-0.15, -0.1) is 0 Å². The molecule has 0 aromatic carbocycles. The minimum absolute atomic E-state index is 0. The molecule has 52 valence electrons. The Balaban J connectivity index is -0.0000000112. The molecule has 0 rings (SSSR count). The van der Waals surface area contributed by atoms with Gasteiger partial charge in [0.05, 0.1) is 0 Å². The summed E-state index contributed by atoms with van der Waals surface area (Å²) < 4.78 is 0. The summed E-state index contributed by atoms with van der Waals surface area (Å²) >= 11 is 0. The topological polar surface area (TPSA) is 80.3 Å². The minimum atomic E-state index is -1.08. The molecule has 0 aliphatic rings. The summed E-state index contributed by atoms with van der Waals surface area (Å²) in [7, 11) is 0. The fraction of sp³-hybridized carbons (Fsp3) is 0.500. The molecule has 0 N–H and O–H groups in total. The van der Waals surface area contributed by atoms with E-state index in [4.69, 9.17) is 19.8 Å². The third kappa shape index (κ3) is 469. The average molecular weight is 323 g/mol. The number of carboxylic acid groups (broad SMARTS) is 2. The van der Waals surface area contributed by atoms with Crippen LogP contribution >= 0.6 is 0 Å². The fourth-order valence-corrected chi connectivity index (χ4v) is 0. The molecular weight excluding hydrogens is 315 g/mol. The van der Waals surface area contributed by atoms with Gasteiger partial charge < -0.3 is 22.7 Å². The third-order valence-corrected chi connectivity index (χ3v) is 0. The molecule has 0 heterocycles. The summed E-state index contributed by atoms with van der Waals surface area (Å²) in [6, 6.07) is 0. The Morgan fingerprint density at radius 1 is 1.10 bits per heavy atom. The number of aliphatic carboxylic acids is 2. The molecule has 0 bridgehead atoms. The molecule has 0 fully saturated rings. The molecule has 0 amide bonds. The van der Waals surface area contributed by atoms with Crippen LogP contribution in [0.25, 0.3) is 0 Å². The molecule has 0 aliphatic carbocycles. The molecule has 0 saturated carbocycles. The van der Waals surface area contributed by atoms with Crippen molar-refractivity contribution in [1.82, 2.24) is 0 Å². The summed E-state index contributed by atoms with van der Waals surface area (Å²) in [6.07, 6.45) is 0. The standard InChI is InChI=1S/2C2H4O2.Ba.Zn.2H/c2*1-2(3)4;;;;/h2*1H3,(H,3,4);;;;/q;;2*+2;2*-1/p-2. The Bertz CT molecular complexity index is 83.1. The summed E-state index contributed by atoms with van der Waals surface area (Å²) in [4.78, 5) is 17.8. The van der Waals surface area contributed by atoms with Gasteiger partial charge in [-0.1, -0.05) is 0 Å². The van der Waals surface area contributed by atoms with E-state index >= 15 is 0 Å². The third-order valence-electron chi connectivity index (χ3n) is 0. The number of hydrogen-bond donors (Lipinski definition) is 0. The maximum absolute atomic E-state index is 8.89. The van der Waals surface area contributed by atoms with Crippen molar-refractivity contribution in [1.29, 1.82) is 0 Å². The van der Waals surface area contributed by atoms with E-state index < -0.39 is 11.9 Å². The van der Waals surface area contributed by atoms with Crippen LogP contribution in [-0.2, 0) is 29.1 Å². The van der Waals surface area contributed by atoms with Crippen molar-refractivity contribution in [2.45, 2.75) is 13.8 Å². The van der Waals surface area contributed by atoms with Crippen molar-refractivity contribution in [2.24, 2.45) is 0 Å². The molecule has 0 aromatic rings. The molecule has 0 spiro atoms. The smallest absolute Gasteiger partial charge is 1.00 e. The first-order valence-corrected chi connectivity index (χ1v) is 1.82. The summed E-state index contributed by atoms with van der Waals surface area (Å²) in [5, 5.41) is 17.8. The van der Waals surface area contributed by atoms with Crippen LogP contribution < -0.4 is 10.2 Å². The number of hydrogen-bond acceptors (Lipinski definition) is 4. The molecule has 0 unspecified atom stereocenters. The predicted octanol–water partition coefficient (Wildman–Crippen LogP) is -2.65. The van der Waals surface area contributed by atoms with E-state index in [1.165, 1.54) is 0 Å². The normalized spacial score (nSPS) is 5.00. The zero-order chi connectivity index (χ0) is 7.15. The van der Waals surface area contributed by atoms with Crippen LogP contribution in [0.2, 0.25) is 0 Å². The van der Waals surface area contributed by atoms with Crippen molar-refractivity contribution in [3.63, 3.8) is 0 Å². The van der Waals surface area contributed by atoms with Gasteiger partial charge in [0.25, 0.3) is 0 Å². The number of carboxylic acids is 2. The van der Waals surface area contributed by atoms with Crippen LogP contribution in [0.15, 0.2) is 0 Å². The second-order valence-electron chi connectivity index (χ2n) is 0.983. The van der Waals surface area contributed by atoms with E-state index in [0.717, 1.165) is 13.8 Å². The number of rotatable bonds is 0. The zero-order valence-corrected chi connectivity index (χ0v) is 13.5. The van der Waals surface area contributed by atoms with E-state index in [9.17, 15) is 0 Å². The van der Waals surface area contributed by atoms with Crippen molar-refractivity contribution >= 4 is 60.8 Å². The van der Waals surface area contributed by atoms with Crippen molar-refractivity contribution in [3.05, 3.63) is 0 Å². The van der Waals surface area contributed by atoms with Crippen molar-refractivity contribution in [2.75, 3.05) is 0 Å². The summed E-state index contributed by atoms with van der Waals surface area (Å²) in [5.41, 5.74) is 0. The zero-order valence-electron chi connectivity index (χ0n) is 8.05. The van der Waals surface area contributed by atoms with E-state index in [-0.39, 0.29) is 71.2 Å². The maximum atomic E-state index is 8.89. The van der Waals surface area contributed by atoms with Gasteiger partial charge >= 0.3 is 68.4 Å². The van der Waals surface area contributed by atoms with Crippen molar-refractivity contribution in [3.8, 4) is 0 Å². The van der Waals surface area contributed by atoms with Gasteiger partial charge in [-0.05, 0) is 13.8 Å². The first-order chi connectivity index (χ1) is 3.46. The molecule has 4 nitrogen and oxygen atoms in total. The molecule has 0 radical (unpaired) electrons. The fourth-order valence-electron chi connectivity index (χ4n) is 0. The van der Waals surface area contributed by atoms with Crippen LogP contribution in [0.4, 0.5) is 0 Å². The summed E-state index contributed by atoms with van der Waals surface area (Å²) in [6.45, 7) is 1.94. The molecule has 0 aromatic heterocycles. The summed E-state index contributed by atoms with van der Waals surface area (Å²) in [5.74, 6) is -2.17. The molecule has 6 heteroatoms. The van der Waals surface area contributed by atoms with Crippen LogP contribution in [0.3, 0.4) is 0 Å². The maximum Gasteiger partial charge on any atom is 2.00 e. The van der Waals surface area contributed by atoms with Gasteiger partial charge in [-0.2, -0.15) is 0 Å². The Morgan fingerprint density at radius 3 is 1.10 bits per heavy atom. The van der Waals surface area contributed by atoms with Gasteiger partial charge in [0.15, 0.2) is 0 Å². The second-order valence-corrected chi connectivity index (χ2v) is 0.983. The van der Waals surface area contributed by atoms with Crippen molar-refractivity contribution < 1.29 is 42.1 Å². The van der Waals surface area contributed by atoms with Gasteiger partial charge in [0.2, 0.25) is 0 Å². The van der Waals surface area contributed by atoms with E-state index in [1.807, 2.05) is 0 Å². The molecule has 10 heavy (non-hydrogen) atoms. The minimum Gasteiger partial charge on any atom is -1.00 e. The van der Waals surface area contributed by atoms with E-state index in [2.05, 4.69) is 0 Å². The molecule has 0 saturated heterocycles. The number of carbonyl (C=O) groups excluding carboxylic acids is 2. The Hall–Kier alpha value is 1.13. The van der Waals surface area contributed by atoms with Gasteiger partial charge in [-0.25, -0.2) is 0 Å². The van der Waals surface area contributed by atoms with Gasteiger partial charge in [0.1, 0.15) is 0 Å². The first-order valence-electron chi connectivity index (χ1n) is 1.82. The number of carbonyl (C=O) groups is 2. The Kier molecular flexibility index (Phi) is 37.3. The Labute approximate surface area is 115 Å². The van der Waals surface area contributed by atoms with E-state index in [1.54, 1.807) is 0 Å². The quantitative estimate of drug-likeness (QED) is 0.456. The molecular formula is C4H8BaO4Zn. The second kappa shape index (κ2) is 16.6. The van der Waals surface area contributed by atoms with Gasteiger partial charge in [0, 0.05) is 11.9 Å². The van der Waals surface area contributed by atoms with Crippen LogP contribution in [-0.4, -0.2) is 60.8 Å². The SMILES string of the molecule is CC(=O)[O-].CC(=O)[O-].[Ba+2].[H-].[H-].[Zn+2]. The van der Waals surface area contributed by atoms with E-state index in [0.29, 0.717) is 0 Å². The first kappa shape index (κ1) is 22.5. The van der Waals surface area contributed by atoms with Crippen LogP contribution in [0.5, 0.6) is 0 Å².